The highest BCUT2D eigenvalue weighted by atomic mass is 16.4. The van der Waals surface area contributed by atoms with Crippen LogP contribution in [0.2, 0.25) is 0 Å². The summed E-state index contributed by atoms with van der Waals surface area (Å²) in [7, 11) is 0. The van der Waals surface area contributed by atoms with Crippen molar-refractivity contribution >= 4 is 11.9 Å². The third kappa shape index (κ3) is 28.0. The fourth-order valence-electron chi connectivity index (χ4n) is 1.20. The van der Waals surface area contributed by atoms with Crippen LogP contribution in [-0.2, 0) is 9.59 Å². The maximum absolute atomic E-state index is 9.25. The molecule has 0 aromatic heterocycles. The minimum absolute atomic E-state index is 0.406. The van der Waals surface area contributed by atoms with Crippen LogP contribution in [0.25, 0.3) is 0 Å². The third-order valence-electron chi connectivity index (χ3n) is 5.72. The average molecular weight is 689 g/mol. The second kappa shape index (κ2) is 35.6. The topological polar surface area (TPSA) is 398 Å². The standard InChI is InChI=1S/4C5H12O4.2C3H4O2/c4*6-1-5(2-7,3-8)4-9;2*1-2-3(4)5/h4*6-9H,1-4H2;2*2H,1H2,(H,4,5). The molecule has 280 valence electrons. The van der Waals surface area contributed by atoms with Crippen LogP contribution in [-0.4, -0.2) is 210 Å². The van der Waals surface area contributed by atoms with Gasteiger partial charge in [-0.25, -0.2) is 9.59 Å². The van der Waals surface area contributed by atoms with Crippen molar-refractivity contribution < 1.29 is 102 Å². The van der Waals surface area contributed by atoms with Crippen LogP contribution in [0.4, 0.5) is 0 Å². The molecule has 0 aliphatic rings. The lowest BCUT2D eigenvalue weighted by Crippen LogP contribution is -2.37. The first kappa shape index (κ1) is 56.1. The molecule has 0 unspecified atom stereocenters. The van der Waals surface area contributed by atoms with E-state index in [1.54, 1.807) is 0 Å². The van der Waals surface area contributed by atoms with Crippen LogP contribution in [0, 0.1) is 21.7 Å². The first-order valence-corrected chi connectivity index (χ1v) is 13.0. The summed E-state index contributed by atoms with van der Waals surface area (Å²) in [4.78, 5) is 18.5. The number of carboxylic acids is 2. The number of aliphatic carboxylic acids is 2. The van der Waals surface area contributed by atoms with Crippen molar-refractivity contribution in [2.24, 2.45) is 21.7 Å². The van der Waals surface area contributed by atoms with Gasteiger partial charge in [0, 0.05) is 12.2 Å². The van der Waals surface area contributed by atoms with Crippen LogP contribution in [0.1, 0.15) is 0 Å². The minimum atomic E-state index is -1.11. The zero-order chi connectivity index (χ0) is 37.9. The van der Waals surface area contributed by atoms with E-state index in [4.69, 9.17) is 91.9 Å². The Morgan fingerprint density at radius 2 is 0.391 bits per heavy atom. The Balaban J connectivity index is -0.000000106. The predicted molar refractivity (Wildman–Crippen MR) is 159 cm³/mol. The summed E-state index contributed by atoms with van der Waals surface area (Å²) in [5.41, 5.74) is -4.44. The molecule has 0 spiro atoms. The molecule has 0 saturated carbocycles. The Labute approximate surface area is 266 Å². The number of rotatable bonds is 18. The molecule has 0 aliphatic heterocycles. The van der Waals surface area contributed by atoms with Gasteiger partial charge in [-0.05, 0) is 0 Å². The van der Waals surface area contributed by atoms with Crippen LogP contribution in [0.3, 0.4) is 0 Å². The quantitative estimate of drug-likeness (QED) is 0.0594. The molecule has 0 aromatic rings. The van der Waals surface area contributed by atoms with Gasteiger partial charge in [-0.1, -0.05) is 13.2 Å². The van der Waals surface area contributed by atoms with Gasteiger partial charge in [-0.15, -0.1) is 0 Å². The van der Waals surface area contributed by atoms with Gasteiger partial charge in [-0.3, -0.25) is 0 Å². The van der Waals surface area contributed by atoms with Crippen molar-refractivity contribution in [3.05, 3.63) is 25.3 Å². The minimum Gasteiger partial charge on any atom is -0.478 e. The largest absolute Gasteiger partial charge is 0.478 e. The van der Waals surface area contributed by atoms with Gasteiger partial charge in [0.25, 0.3) is 0 Å². The molecule has 0 fully saturated rings. The Morgan fingerprint density at radius 1 is 0.326 bits per heavy atom. The van der Waals surface area contributed by atoms with E-state index in [1.165, 1.54) is 0 Å². The van der Waals surface area contributed by atoms with E-state index in [0.29, 0.717) is 0 Å². The van der Waals surface area contributed by atoms with Crippen molar-refractivity contribution in [1.82, 2.24) is 0 Å². The molecule has 20 nitrogen and oxygen atoms in total. The second-order valence-electron chi connectivity index (χ2n) is 9.61. The Kier molecular flexibility index (Phi) is 43.5. The lowest BCUT2D eigenvalue weighted by Gasteiger charge is -2.23. The van der Waals surface area contributed by atoms with E-state index in [2.05, 4.69) is 13.2 Å². The van der Waals surface area contributed by atoms with Gasteiger partial charge in [-0.2, -0.15) is 0 Å². The van der Waals surface area contributed by atoms with Crippen molar-refractivity contribution in [1.29, 1.82) is 0 Å². The zero-order valence-electron chi connectivity index (χ0n) is 25.7. The van der Waals surface area contributed by atoms with E-state index < -0.39 is 139 Å². The van der Waals surface area contributed by atoms with E-state index in [-0.39, 0.29) is 0 Å². The van der Waals surface area contributed by atoms with Crippen LogP contribution < -0.4 is 0 Å². The summed E-state index contributed by atoms with van der Waals surface area (Å²) >= 11 is 0. The smallest absolute Gasteiger partial charge is 0.327 e. The molecule has 0 aromatic carbocycles. The highest BCUT2D eigenvalue weighted by Gasteiger charge is 2.28. The second-order valence-corrected chi connectivity index (χ2v) is 9.61. The highest BCUT2D eigenvalue weighted by Crippen LogP contribution is 2.13. The summed E-state index contributed by atoms with van der Waals surface area (Å²) < 4.78 is 0. The number of aliphatic hydroxyl groups is 16. The first-order valence-electron chi connectivity index (χ1n) is 13.0. The normalized spacial score (nSPS) is 10.8. The van der Waals surface area contributed by atoms with Gasteiger partial charge in [0.1, 0.15) is 0 Å². The van der Waals surface area contributed by atoms with Crippen molar-refractivity contribution in [2.45, 2.75) is 0 Å². The number of aliphatic hydroxyl groups excluding tert-OH is 16. The number of hydrogen-bond acceptors (Lipinski definition) is 18. The molecule has 0 bridgehead atoms. The maximum Gasteiger partial charge on any atom is 0.327 e. The van der Waals surface area contributed by atoms with E-state index in [0.717, 1.165) is 12.2 Å². The molecule has 20 heteroatoms. The molecule has 0 heterocycles. The molecule has 18 N–H and O–H groups in total. The van der Waals surface area contributed by atoms with E-state index >= 15 is 0 Å². The lowest BCUT2D eigenvalue weighted by molar-refractivity contribution is -0.132. The Hall–Kier alpha value is -2.22. The van der Waals surface area contributed by atoms with Crippen LogP contribution in [0.5, 0.6) is 0 Å². The van der Waals surface area contributed by atoms with Crippen molar-refractivity contribution in [3.8, 4) is 0 Å². The summed E-state index contributed by atoms with van der Waals surface area (Å²) in [6, 6.07) is 0. The molecule has 0 rings (SSSR count). The Morgan fingerprint density at radius 3 is 0.391 bits per heavy atom. The molecule has 0 aliphatic carbocycles. The molecule has 0 saturated heterocycles. The number of carbonyl (C=O) groups is 2. The lowest BCUT2D eigenvalue weighted by atomic mass is 9.93. The fourth-order valence-corrected chi connectivity index (χ4v) is 1.20. The number of hydrogen-bond donors (Lipinski definition) is 18. The fraction of sp³-hybridized carbons (Fsp3) is 0.769. The van der Waals surface area contributed by atoms with Crippen molar-refractivity contribution in [3.63, 3.8) is 0 Å². The maximum atomic E-state index is 9.25. The van der Waals surface area contributed by atoms with Gasteiger partial charge >= 0.3 is 11.9 Å². The van der Waals surface area contributed by atoms with Crippen LogP contribution in [0.15, 0.2) is 25.3 Å². The summed E-state index contributed by atoms with van der Waals surface area (Å²) in [5, 5.41) is 151. The van der Waals surface area contributed by atoms with E-state index in [1.807, 2.05) is 0 Å². The highest BCUT2D eigenvalue weighted by molar-refractivity contribution is 5.79. The van der Waals surface area contributed by atoms with Gasteiger partial charge in [0.15, 0.2) is 0 Å². The van der Waals surface area contributed by atoms with Gasteiger partial charge in [0.2, 0.25) is 0 Å². The number of carboxylic acid groups (broad SMARTS) is 2. The Bertz CT molecular complexity index is 521. The summed E-state index contributed by atoms with van der Waals surface area (Å²) in [6.07, 6.45) is 1.67. The predicted octanol–water partition coefficient (Wildman–Crippen LogP) is -7.72. The van der Waals surface area contributed by atoms with Gasteiger partial charge in [0.05, 0.1) is 127 Å². The van der Waals surface area contributed by atoms with Crippen LogP contribution >= 0.6 is 0 Å². The van der Waals surface area contributed by atoms with Crippen molar-refractivity contribution in [2.75, 3.05) is 106 Å². The summed E-state index contributed by atoms with van der Waals surface area (Å²) in [6.45, 7) is -0.579. The molecule has 46 heavy (non-hydrogen) atoms. The average Bonchev–Trinajstić information content (AvgIpc) is 3.11. The van der Waals surface area contributed by atoms with E-state index in [9.17, 15) is 9.59 Å². The van der Waals surface area contributed by atoms with Gasteiger partial charge < -0.3 is 91.9 Å². The third-order valence-corrected chi connectivity index (χ3v) is 5.72. The molecular formula is C26H56O20. The molecule has 0 atom stereocenters. The zero-order valence-corrected chi connectivity index (χ0v) is 25.7. The molecule has 0 amide bonds. The SMILES string of the molecule is C=CC(=O)O.C=CC(=O)O.OCC(CO)(CO)CO.OCC(CO)(CO)CO.OCC(CO)(CO)CO.OCC(CO)(CO)CO. The molecule has 0 radical (unpaired) electrons. The monoisotopic (exact) mass is 688 g/mol. The summed E-state index contributed by atoms with van der Waals surface area (Å²) in [5.74, 6) is -1.96. The molecular weight excluding hydrogens is 632 g/mol. The first-order chi connectivity index (χ1) is 21.5.